The highest BCUT2D eigenvalue weighted by Crippen LogP contribution is 2.17. The number of nitrogens with zero attached hydrogens (tertiary/aromatic N) is 7. The third-order valence-electron chi connectivity index (χ3n) is 5.51. The number of rotatable bonds is 6. The third kappa shape index (κ3) is 4.92. The van der Waals surface area contributed by atoms with E-state index < -0.39 is 10.0 Å². The van der Waals surface area contributed by atoms with Gasteiger partial charge in [-0.15, -0.1) is 5.10 Å². The molecule has 3 aromatic rings. The standard InChI is InChI=1S/C21H24FN7O3S/c1-26(2)33(31,32)19-9-3-16(4-10-19)21(30)28-13-11-27(12-14-28)15-20-23-24-25-29(20)18-7-5-17(22)6-8-18/h3-10H,11-15H2,1-2H3. The molecule has 1 fully saturated rings. The zero-order valence-electron chi connectivity index (χ0n) is 18.3. The summed E-state index contributed by atoms with van der Waals surface area (Å²) in [7, 11) is -0.608. The van der Waals surface area contributed by atoms with Gasteiger partial charge >= 0.3 is 0 Å². The number of amides is 1. The predicted octanol–water partition coefficient (Wildman–Crippen LogP) is 1.01. The maximum Gasteiger partial charge on any atom is 0.253 e. The number of piperazine rings is 1. The van der Waals surface area contributed by atoms with Gasteiger partial charge in [0.15, 0.2) is 5.82 Å². The molecule has 174 valence electrons. The van der Waals surface area contributed by atoms with Crippen LogP contribution in [0.4, 0.5) is 4.39 Å². The van der Waals surface area contributed by atoms with E-state index in [0.717, 1.165) is 4.31 Å². The minimum Gasteiger partial charge on any atom is -0.336 e. The van der Waals surface area contributed by atoms with Crippen LogP contribution in [-0.2, 0) is 16.6 Å². The monoisotopic (exact) mass is 473 g/mol. The first-order valence-electron chi connectivity index (χ1n) is 10.3. The van der Waals surface area contributed by atoms with Crippen molar-refractivity contribution in [3.8, 4) is 5.69 Å². The molecule has 12 heteroatoms. The molecule has 1 saturated heterocycles. The van der Waals surface area contributed by atoms with Gasteiger partial charge in [-0.2, -0.15) is 4.68 Å². The molecule has 4 rings (SSSR count). The average molecular weight is 474 g/mol. The molecule has 0 spiro atoms. The zero-order valence-corrected chi connectivity index (χ0v) is 19.1. The molecule has 0 N–H and O–H groups in total. The summed E-state index contributed by atoms with van der Waals surface area (Å²) >= 11 is 0. The van der Waals surface area contributed by atoms with Crippen LogP contribution in [0, 0.1) is 5.82 Å². The lowest BCUT2D eigenvalue weighted by molar-refractivity contribution is 0.0624. The van der Waals surface area contributed by atoms with Crippen LogP contribution in [0.25, 0.3) is 5.69 Å². The van der Waals surface area contributed by atoms with Crippen LogP contribution >= 0.6 is 0 Å². The lowest BCUT2D eigenvalue weighted by Gasteiger charge is -2.34. The number of benzene rings is 2. The van der Waals surface area contributed by atoms with Gasteiger partial charge in [0.2, 0.25) is 10.0 Å². The lowest BCUT2D eigenvalue weighted by Crippen LogP contribution is -2.48. The Morgan fingerprint density at radius 3 is 2.24 bits per heavy atom. The maximum atomic E-state index is 13.2. The summed E-state index contributed by atoms with van der Waals surface area (Å²) in [5.74, 6) is 0.154. The molecule has 0 unspecified atom stereocenters. The average Bonchev–Trinajstić information content (AvgIpc) is 3.27. The Labute approximate surface area is 191 Å². The Hall–Kier alpha value is -3.22. The Kier molecular flexibility index (Phi) is 6.49. The van der Waals surface area contributed by atoms with Gasteiger partial charge in [0, 0.05) is 45.8 Å². The second-order valence-electron chi connectivity index (χ2n) is 7.86. The molecule has 0 saturated carbocycles. The van der Waals surface area contributed by atoms with E-state index in [9.17, 15) is 17.6 Å². The van der Waals surface area contributed by atoms with Crippen LogP contribution in [0.3, 0.4) is 0 Å². The number of halogens is 1. The fourth-order valence-electron chi connectivity index (χ4n) is 3.56. The van der Waals surface area contributed by atoms with Gasteiger partial charge in [-0.1, -0.05) is 0 Å². The van der Waals surface area contributed by atoms with Gasteiger partial charge in [-0.3, -0.25) is 9.69 Å². The van der Waals surface area contributed by atoms with Crippen molar-refractivity contribution in [2.24, 2.45) is 0 Å². The normalized spacial score (nSPS) is 15.2. The van der Waals surface area contributed by atoms with E-state index in [1.54, 1.807) is 33.8 Å². The minimum atomic E-state index is -3.54. The number of hydrogen-bond donors (Lipinski definition) is 0. The van der Waals surface area contributed by atoms with Crippen molar-refractivity contribution in [3.05, 3.63) is 65.7 Å². The first-order chi connectivity index (χ1) is 15.8. The fourth-order valence-corrected chi connectivity index (χ4v) is 4.46. The Bertz CT molecular complexity index is 1220. The molecule has 2 aromatic carbocycles. The molecular formula is C21H24FN7O3S. The van der Waals surface area contributed by atoms with Crippen LogP contribution < -0.4 is 0 Å². The number of carbonyl (C=O) groups is 1. The van der Waals surface area contributed by atoms with Crippen molar-refractivity contribution in [2.75, 3.05) is 40.3 Å². The molecule has 10 nitrogen and oxygen atoms in total. The SMILES string of the molecule is CN(C)S(=O)(=O)c1ccc(C(=O)N2CCN(Cc3nnnn3-c3ccc(F)cc3)CC2)cc1. The van der Waals surface area contributed by atoms with Crippen molar-refractivity contribution >= 4 is 15.9 Å². The van der Waals surface area contributed by atoms with E-state index in [2.05, 4.69) is 20.4 Å². The highest BCUT2D eigenvalue weighted by Gasteiger charge is 2.24. The summed E-state index contributed by atoms with van der Waals surface area (Å²) < 4.78 is 40.3. The van der Waals surface area contributed by atoms with E-state index in [1.165, 1.54) is 38.4 Å². The first kappa shape index (κ1) is 23.0. The molecule has 0 radical (unpaired) electrons. The van der Waals surface area contributed by atoms with Gasteiger partial charge in [0.1, 0.15) is 5.82 Å². The quantitative estimate of drug-likeness (QED) is 0.526. The van der Waals surface area contributed by atoms with Gasteiger partial charge in [0.05, 0.1) is 17.1 Å². The molecule has 2 heterocycles. The Morgan fingerprint density at radius 2 is 1.64 bits per heavy atom. The van der Waals surface area contributed by atoms with Gasteiger partial charge < -0.3 is 4.90 Å². The van der Waals surface area contributed by atoms with Crippen LogP contribution in [0.15, 0.2) is 53.4 Å². The Morgan fingerprint density at radius 1 is 1.00 bits per heavy atom. The van der Waals surface area contributed by atoms with E-state index in [1.807, 2.05) is 0 Å². The first-order valence-corrected chi connectivity index (χ1v) is 11.8. The van der Waals surface area contributed by atoms with Crippen LogP contribution in [0.2, 0.25) is 0 Å². The van der Waals surface area contributed by atoms with E-state index in [4.69, 9.17) is 0 Å². The fraction of sp³-hybridized carbons (Fsp3) is 0.333. The van der Waals surface area contributed by atoms with E-state index in [-0.39, 0.29) is 16.6 Å². The van der Waals surface area contributed by atoms with Crippen molar-refractivity contribution in [3.63, 3.8) is 0 Å². The third-order valence-corrected chi connectivity index (χ3v) is 7.34. The smallest absolute Gasteiger partial charge is 0.253 e. The van der Waals surface area contributed by atoms with Crippen molar-refractivity contribution in [2.45, 2.75) is 11.4 Å². The van der Waals surface area contributed by atoms with Gasteiger partial charge in [0.25, 0.3) is 5.91 Å². The lowest BCUT2D eigenvalue weighted by atomic mass is 10.2. The molecule has 1 aliphatic rings. The molecule has 1 amide bonds. The van der Waals surface area contributed by atoms with Crippen LogP contribution in [0.5, 0.6) is 0 Å². The number of hydrogen-bond acceptors (Lipinski definition) is 7. The van der Waals surface area contributed by atoms with Crippen LogP contribution in [0.1, 0.15) is 16.2 Å². The van der Waals surface area contributed by atoms with E-state index in [0.29, 0.717) is 49.8 Å². The summed E-state index contributed by atoms with van der Waals surface area (Å²) in [5.41, 5.74) is 1.12. The van der Waals surface area contributed by atoms with Crippen LogP contribution in [-0.4, -0.2) is 88.9 Å². The molecule has 0 bridgehead atoms. The van der Waals surface area contributed by atoms with Gasteiger partial charge in [-0.25, -0.2) is 17.1 Å². The molecule has 0 atom stereocenters. The van der Waals surface area contributed by atoms with Gasteiger partial charge in [-0.05, 0) is 59.0 Å². The Balaban J connectivity index is 1.36. The van der Waals surface area contributed by atoms with Crippen molar-refractivity contribution in [1.82, 2.24) is 34.3 Å². The largest absolute Gasteiger partial charge is 0.336 e. The molecule has 1 aromatic heterocycles. The summed E-state index contributed by atoms with van der Waals surface area (Å²) in [6.45, 7) is 2.80. The molecular weight excluding hydrogens is 449 g/mol. The number of aromatic nitrogens is 4. The minimum absolute atomic E-state index is 0.139. The predicted molar refractivity (Wildman–Crippen MR) is 118 cm³/mol. The van der Waals surface area contributed by atoms with Crippen molar-refractivity contribution < 1.29 is 17.6 Å². The summed E-state index contributed by atoms with van der Waals surface area (Å²) in [5, 5.41) is 11.8. The number of sulfonamides is 1. The second kappa shape index (κ2) is 9.33. The summed E-state index contributed by atoms with van der Waals surface area (Å²) in [6.07, 6.45) is 0. The van der Waals surface area contributed by atoms with E-state index >= 15 is 0 Å². The zero-order chi connectivity index (χ0) is 23.6. The summed E-state index contributed by atoms with van der Waals surface area (Å²) in [6, 6.07) is 11.9. The molecule has 1 aliphatic heterocycles. The maximum absolute atomic E-state index is 13.2. The molecule has 0 aliphatic carbocycles. The number of tetrazole rings is 1. The second-order valence-corrected chi connectivity index (χ2v) is 10.0. The highest BCUT2D eigenvalue weighted by molar-refractivity contribution is 7.89. The summed E-state index contributed by atoms with van der Waals surface area (Å²) in [4.78, 5) is 16.9. The number of carbonyl (C=O) groups excluding carboxylic acids is 1. The highest BCUT2D eigenvalue weighted by atomic mass is 32.2. The van der Waals surface area contributed by atoms with Crippen molar-refractivity contribution in [1.29, 1.82) is 0 Å². The molecule has 33 heavy (non-hydrogen) atoms. The topological polar surface area (TPSA) is 105 Å².